The number of hydrazone groups is 1. The highest BCUT2D eigenvalue weighted by Crippen LogP contribution is 2.11. The van der Waals surface area contributed by atoms with Crippen molar-refractivity contribution in [2.24, 2.45) is 5.10 Å². The molecule has 2 rings (SSSR count). The molecule has 0 bridgehead atoms. The monoisotopic (exact) mass is 241 g/mol. The number of hydrogen-bond donors (Lipinski definition) is 2. The summed E-state index contributed by atoms with van der Waals surface area (Å²) in [5, 5.41) is 13.2. The number of carbonyl (C=O) groups is 1. The van der Waals surface area contributed by atoms with Gasteiger partial charge in [-0.25, -0.2) is 10.4 Å². The number of hydrogen-bond acceptors (Lipinski definition) is 4. The topological polar surface area (TPSA) is 74.6 Å². The van der Waals surface area contributed by atoms with Crippen LogP contribution in [0.3, 0.4) is 0 Å². The second-order valence-corrected chi connectivity index (χ2v) is 3.48. The lowest BCUT2D eigenvalue weighted by molar-refractivity contribution is 0.0947. The first-order chi connectivity index (χ1) is 8.77. The highest BCUT2D eigenvalue weighted by Gasteiger charge is 2.10. The van der Waals surface area contributed by atoms with Gasteiger partial charge in [0.05, 0.1) is 6.21 Å². The number of benzene rings is 1. The fraction of sp³-hybridized carbons (Fsp3) is 0. The number of aromatic nitrogens is 1. The van der Waals surface area contributed by atoms with Gasteiger partial charge in [-0.2, -0.15) is 5.10 Å². The summed E-state index contributed by atoms with van der Waals surface area (Å²) in [4.78, 5) is 15.4. The van der Waals surface area contributed by atoms with Crippen molar-refractivity contribution in [1.29, 1.82) is 0 Å². The molecule has 0 radical (unpaired) electrons. The molecule has 0 fully saturated rings. The molecule has 1 aromatic heterocycles. The normalized spacial score (nSPS) is 10.4. The van der Waals surface area contributed by atoms with Crippen LogP contribution in [0.25, 0.3) is 0 Å². The molecule has 0 aliphatic heterocycles. The Hall–Kier alpha value is -2.69. The number of rotatable bonds is 3. The average molecular weight is 241 g/mol. The summed E-state index contributed by atoms with van der Waals surface area (Å²) < 4.78 is 0. The lowest BCUT2D eigenvalue weighted by atomic mass is 10.2. The van der Waals surface area contributed by atoms with Gasteiger partial charge in [0.15, 0.2) is 5.69 Å². The largest absolute Gasteiger partial charge is 0.505 e. The quantitative estimate of drug-likeness (QED) is 0.632. The SMILES string of the molecule is O=C(NN=Cc1ccccc1)c1ncccc1O. The molecule has 0 atom stereocenters. The Bertz CT molecular complexity index is 567. The number of carbonyl (C=O) groups excluding carboxylic acids is 1. The molecule has 1 amide bonds. The minimum atomic E-state index is -0.555. The predicted octanol–water partition coefficient (Wildman–Crippen LogP) is 1.55. The molecule has 0 aliphatic carbocycles. The Kier molecular flexibility index (Phi) is 3.66. The number of amides is 1. The van der Waals surface area contributed by atoms with Crippen molar-refractivity contribution < 1.29 is 9.90 Å². The van der Waals surface area contributed by atoms with Crippen molar-refractivity contribution in [3.8, 4) is 5.75 Å². The third-order valence-corrected chi connectivity index (χ3v) is 2.18. The van der Waals surface area contributed by atoms with E-state index in [9.17, 15) is 9.90 Å². The Labute approximate surface area is 104 Å². The zero-order valence-electron chi connectivity index (χ0n) is 9.45. The molecule has 0 saturated carbocycles. The number of nitrogens with one attached hydrogen (secondary N) is 1. The van der Waals surface area contributed by atoms with Gasteiger partial charge in [-0.1, -0.05) is 30.3 Å². The van der Waals surface area contributed by atoms with Crippen LogP contribution in [0.4, 0.5) is 0 Å². The van der Waals surface area contributed by atoms with Crippen LogP contribution in [0.15, 0.2) is 53.8 Å². The van der Waals surface area contributed by atoms with Gasteiger partial charge in [0, 0.05) is 6.20 Å². The first-order valence-corrected chi connectivity index (χ1v) is 5.30. The van der Waals surface area contributed by atoms with E-state index in [2.05, 4.69) is 15.5 Å². The fourth-order valence-corrected chi connectivity index (χ4v) is 1.33. The summed E-state index contributed by atoms with van der Waals surface area (Å²) in [6.45, 7) is 0. The summed E-state index contributed by atoms with van der Waals surface area (Å²) in [5.74, 6) is -0.731. The van der Waals surface area contributed by atoms with Crippen LogP contribution in [-0.4, -0.2) is 22.2 Å². The maximum atomic E-state index is 11.6. The first kappa shape index (κ1) is 11.8. The average Bonchev–Trinajstić information content (AvgIpc) is 2.40. The second kappa shape index (κ2) is 5.58. The van der Waals surface area contributed by atoms with Gasteiger partial charge in [0.25, 0.3) is 5.91 Å². The van der Waals surface area contributed by atoms with Crippen LogP contribution in [0.5, 0.6) is 5.75 Å². The molecule has 5 heteroatoms. The molecule has 1 heterocycles. The van der Waals surface area contributed by atoms with Crippen molar-refractivity contribution in [3.63, 3.8) is 0 Å². The Morgan fingerprint density at radius 3 is 2.72 bits per heavy atom. The van der Waals surface area contributed by atoms with Gasteiger partial charge in [0.2, 0.25) is 0 Å². The molecular formula is C13H11N3O2. The molecule has 0 saturated heterocycles. The molecule has 18 heavy (non-hydrogen) atoms. The number of nitrogens with zero attached hydrogens (tertiary/aromatic N) is 2. The maximum Gasteiger partial charge on any atom is 0.293 e. The van der Waals surface area contributed by atoms with E-state index in [-0.39, 0.29) is 11.4 Å². The first-order valence-electron chi connectivity index (χ1n) is 5.30. The molecular weight excluding hydrogens is 230 g/mol. The van der Waals surface area contributed by atoms with E-state index in [0.717, 1.165) is 5.56 Å². The van der Waals surface area contributed by atoms with Gasteiger partial charge in [-0.15, -0.1) is 0 Å². The molecule has 0 aliphatic rings. The molecule has 2 N–H and O–H groups in total. The third kappa shape index (κ3) is 2.91. The van der Waals surface area contributed by atoms with E-state index in [4.69, 9.17) is 0 Å². The zero-order valence-corrected chi connectivity index (χ0v) is 9.45. The van der Waals surface area contributed by atoms with Crippen molar-refractivity contribution in [2.45, 2.75) is 0 Å². The Morgan fingerprint density at radius 2 is 2.00 bits per heavy atom. The molecule has 2 aromatic rings. The van der Waals surface area contributed by atoms with Crippen LogP contribution in [0.2, 0.25) is 0 Å². The van der Waals surface area contributed by atoms with E-state index in [1.807, 2.05) is 30.3 Å². The van der Waals surface area contributed by atoms with Crippen LogP contribution >= 0.6 is 0 Å². The summed E-state index contributed by atoms with van der Waals surface area (Å²) >= 11 is 0. The van der Waals surface area contributed by atoms with Crippen molar-refractivity contribution in [3.05, 3.63) is 59.9 Å². The van der Waals surface area contributed by atoms with E-state index in [1.54, 1.807) is 6.07 Å². The Balaban J connectivity index is 2.01. The standard InChI is InChI=1S/C13H11N3O2/c17-11-7-4-8-14-12(11)13(18)16-15-9-10-5-2-1-3-6-10/h1-9,17H,(H,16,18). The summed E-state index contributed by atoms with van der Waals surface area (Å²) in [6.07, 6.45) is 2.94. The van der Waals surface area contributed by atoms with Crippen LogP contribution in [-0.2, 0) is 0 Å². The van der Waals surface area contributed by atoms with Crippen LogP contribution in [0, 0.1) is 0 Å². The lowest BCUT2D eigenvalue weighted by Crippen LogP contribution is -2.19. The predicted molar refractivity (Wildman–Crippen MR) is 67.4 cm³/mol. The van der Waals surface area contributed by atoms with Crippen molar-refractivity contribution >= 4 is 12.1 Å². The highest BCUT2D eigenvalue weighted by molar-refractivity contribution is 5.95. The molecule has 1 aromatic carbocycles. The van der Waals surface area contributed by atoms with Gasteiger partial charge in [-0.3, -0.25) is 4.79 Å². The van der Waals surface area contributed by atoms with Gasteiger partial charge in [0.1, 0.15) is 5.75 Å². The maximum absolute atomic E-state index is 11.6. The van der Waals surface area contributed by atoms with Crippen LogP contribution in [0.1, 0.15) is 16.1 Å². The minimum Gasteiger partial charge on any atom is -0.505 e. The number of aromatic hydroxyl groups is 1. The molecule has 0 spiro atoms. The summed E-state index contributed by atoms with van der Waals surface area (Å²) in [7, 11) is 0. The van der Waals surface area contributed by atoms with Gasteiger partial charge < -0.3 is 5.11 Å². The van der Waals surface area contributed by atoms with Gasteiger partial charge >= 0.3 is 0 Å². The molecule has 5 nitrogen and oxygen atoms in total. The van der Waals surface area contributed by atoms with E-state index in [1.165, 1.54) is 18.5 Å². The summed E-state index contributed by atoms with van der Waals surface area (Å²) in [6, 6.07) is 12.3. The Morgan fingerprint density at radius 1 is 1.22 bits per heavy atom. The van der Waals surface area contributed by atoms with Gasteiger partial charge in [-0.05, 0) is 17.7 Å². The second-order valence-electron chi connectivity index (χ2n) is 3.48. The van der Waals surface area contributed by atoms with Crippen molar-refractivity contribution in [1.82, 2.24) is 10.4 Å². The summed E-state index contributed by atoms with van der Waals surface area (Å²) in [5.41, 5.74) is 3.11. The van der Waals surface area contributed by atoms with E-state index in [0.29, 0.717) is 0 Å². The third-order valence-electron chi connectivity index (χ3n) is 2.18. The zero-order chi connectivity index (χ0) is 12.8. The number of pyridine rings is 1. The van der Waals surface area contributed by atoms with Crippen molar-refractivity contribution in [2.75, 3.05) is 0 Å². The highest BCUT2D eigenvalue weighted by atomic mass is 16.3. The molecule has 90 valence electrons. The fourth-order valence-electron chi connectivity index (χ4n) is 1.33. The van der Waals surface area contributed by atoms with E-state index < -0.39 is 5.91 Å². The minimum absolute atomic E-state index is 0.0530. The van der Waals surface area contributed by atoms with Crippen LogP contribution < -0.4 is 5.43 Å². The smallest absolute Gasteiger partial charge is 0.293 e. The van der Waals surface area contributed by atoms with E-state index >= 15 is 0 Å². The lowest BCUT2D eigenvalue weighted by Gasteiger charge is -2.00. The molecule has 0 unspecified atom stereocenters.